The number of aromatic amines is 1. The fraction of sp³-hybridized carbons (Fsp3) is 0.333. The lowest BCUT2D eigenvalue weighted by Gasteiger charge is -2.31. The topological polar surface area (TPSA) is 92.8 Å². The van der Waals surface area contributed by atoms with Crippen molar-refractivity contribution in [1.29, 1.82) is 0 Å². The van der Waals surface area contributed by atoms with Crippen LogP contribution in [0.15, 0.2) is 76.1 Å². The van der Waals surface area contributed by atoms with Gasteiger partial charge in [-0.2, -0.15) is 0 Å². The second kappa shape index (κ2) is 10.9. The van der Waals surface area contributed by atoms with Crippen LogP contribution in [0.5, 0.6) is 0 Å². The van der Waals surface area contributed by atoms with Crippen molar-refractivity contribution in [1.82, 2.24) is 30.1 Å². The first kappa shape index (κ1) is 25.2. The molecule has 0 unspecified atom stereocenters. The van der Waals surface area contributed by atoms with Crippen LogP contribution in [0.2, 0.25) is 0 Å². The van der Waals surface area contributed by atoms with Gasteiger partial charge in [-0.15, -0.1) is 5.10 Å². The van der Waals surface area contributed by atoms with Crippen molar-refractivity contribution in [2.75, 3.05) is 0 Å². The summed E-state index contributed by atoms with van der Waals surface area (Å²) in [6, 6.07) is 17.9. The maximum absolute atomic E-state index is 13.8. The normalized spacial score (nSPS) is 14.9. The third-order valence-corrected chi connectivity index (χ3v) is 7.68. The summed E-state index contributed by atoms with van der Waals surface area (Å²) in [6.07, 6.45) is 6.76. The molecule has 39 heavy (non-hydrogen) atoms. The second-order valence-electron chi connectivity index (χ2n) is 10.3. The first-order valence-corrected chi connectivity index (χ1v) is 13.5. The van der Waals surface area contributed by atoms with Crippen molar-refractivity contribution in [3.63, 3.8) is 0 Å². The number of hydrogen-bond donors (Lipinski definition) is 1. The molecule has 0 spiro atoms. The molecule has 0 saturated heterocycles. The van der Waals surface area contributed by atoms with Gasteiger partial charge in [-0.25, -0.2) is 9.07 Å². The van der Waals surface area contributed by atoms with E-state index < -0.39 is 6.04 Å². The molecule has 1 saturated carbocycles. The minimum Gasteiger partial charge on any atom is -0.468 e. The third kappa shape index (κ3) is 5.27. The SMILES string of the molecule is CCc1ccc2[nH]c(=O)c([C@H](c3nnnn3C3CCCC3)N(Cc3ccc(F)cc3)Cc3ccco3)cc2c1. The van der Waals surface area contributed by atoms with Crippen LogP contribution >= 0.6 is 0 Å². The van der Waals surface area contributed by atoms with Gasteiger partial charge in [0.2, 0.25) is 0 Å². The average molecular weight is 527 g/mol. The van der Waals surface area contributed by atoms with Gasteiger partial charge in [-0.1, -0.05) is 38.0 Å². The maximum Gasteiger partial charge on any atom is 0.253 e. The molecule has 1 N–H and O–H groups in total. The van der Waals surface area contributed by atoms with Crippen LogP contribution in [-0.4, -0.2) is 30.1 Å². The molecule has 0 amide bonds. The number of furan rings is 1. The van der Waals surface area contributed by atoms with Crippen LogP contribution in [0.25, 0.3) is 10.9 Å². The number of nitrogens with zero attached hydrogens (tertiary/aromatic N) is 5. The van der Waals surface area contributed by atoms with Gasteiger partial charge in [0.25, 0.3) is 5.56 Å². The van der Waals surface area contributed by atoms with E-state index in [-0.39, 0.29) is 17.4 Å². The predicted octanol–water partition coefficient (Wildman–Crippen LogP) is 5.72. The van der Waals surface area contributed by atoms with Crippen LogP contribution < -0.4 is 5.56 Å². The Labute approximate surface area is 225 Å². The smallest absolute Gasteiger partial charge is 0.253 e. The molecule has 9 heteroatoms. The number of pyridine rings is 1. The van der Waals surface area contributed by atoms with Gasteiger partial charge in [-0.05, 0) is 88.7 Å². The maximum atomic E-state index is 13.8. The molecule has 8 nitrogen and oxygen atoms in total. The van der Waals surface area contributed by atoms with E-state index in [0.717, 1.165) is 54.3 Å². The zero-order valence-corrected chi connectivity index (χ0v) is 21.9. The number of tetrazole rings is 1. The number of benzene rings is 2. The summed E-state index contributed by atoms with van der Waals surface area (Å²) >= 11 is 0. The van der Waals surface area contributed by atoms with Crippen LogP contribution in [0.4, 0.5) is 4.39 Å². The summed E-state index contributed by atoms with van der Waals surface area (Å²) in [4.78, 5) is 18.9. The highest BCUT2D eigenvalue weighted by Gasteiger charge is 2.34. The van der Waals surface area contributed by atoms with E-state index in [1.165, 1.54) is 17.7 Å². The Kier molecular flexibility index (Phi) is 7.06. The molecule has 1 aliphatic rings. The van der Waals surface area contributed by atoms with Crippen molar-refractivity contribution in [3.8, 4) is 0 Å². The van der Waals surface area contributed by atoms with E-state index in [1.807, 2.05) is 35.0 Å². The van der Waals surface area contributed by atoms with Gasteiger partial charge in [0, 0.05) is 17.6 Å². The zero-order chi connectivity index (χ0) is 26.8. The van der Waals surface area contributed by atoms with Crippen LogP contribution in [0.1, 0.15) is 73.0 Å². The minimum atomic E-state index is -0.575. The Balaban J connectivity index is 1.53. The summed E-state index contributed by atoms with van der Waals surface area (Å²) in [7, 11) is 0. The molecule has 6 rings (SSSR count). The number of halogens is 1. The van der Waals surface area contributed by atoms with Crippen LogP contribution in [0.3, 0.4) is 0 Å². The molecular weight excluding hydrogens is 495 g/mol. The lowest BCUT2D eigenvalue weighted by Crippen LogP contribution is -2.35. The van der Waals surface area contributed by atoms with Gasteiger partial charge >= 0.3 is 0 Å². The number of fused-ring (bicyclic) bond motifs is 1. The highest BCUT2D eigenvalue weighted by Crippen LogP contribution is 2.35. The Hall–Kier alpha value is -4.11. The number of aryl methyl sites for hydroxylation is 1. The van der Waals surface area contributed by atoms with Crippen LogP contribution in [-0.2, 0) is 19.5 Å². The van der Waals surface area contributed by atoms with Crippen LogP contribution in [0, 0.1) is 5.82 Å². The van der Waals surface area contributed by atoms with E-state index in [4.69, 9.17) is 4.42 Å². The van der Waals surface area contributed by atoms with Gasteiger partial charge in [0.1, 0.15) is 17.6 Å². The standard InChI is InChI=1S/C30H31FN6O2/c1-2-20-11-14-27-22(16-20)17-26(30(38)32-27)28(29-33-34-35-37(29)24-6-3-4-7-24)36(19-25-8-5-15-39-25)18-21-9-12-23(31)13-10-21/h5,8-17,24,28H,2-4,6-7,18-19H2,1H3,(H,32,38)/t28-/m1/s1. The Morgan fingerprint density at radius 3 is 2.62 bits per heavy atom. The minimum absolute atomic E-state index is 0.181. The molecule has 1 fully saturated rings. The third-order valence-electron chi connectivity index (χ3n) is 7.68. The molecule has 200 valence electrons. The number of nitrogens with one attached hydrogen (secondary N) is 1. The second-order valence-corrected chi connectivity index (χ2v) is 10.3. The largest absolute Gasteiger partial charge is 0.468 e. The number of hydrogen-bond acceptors (Lipinski definition) is 6. The van der Waals surface area contributed by atoms with E-state index in [1.54, 1.807) is 18.4 Å². The highest BCUT2D eigenvalue weighted by atomic mass is 19.1. The van der Waals surface area contributed by atoms with Gasteiger partial charge in [0.05, 0.1) is 18.8 Å². The Morgan fingerprint density at radius 1 is 1.08 bits per heavy atom. The molecule has 1 aliphatic carbocycles. The number of rotatable bonds is 9. The van der Waals surface area contributed by atoms with E-state index in [0.29, 0.717) is 24.5 Å². The van der Waals surface area contributed by atoms with Crippen molar-refractivity contribution in [2.24, 2.45) is 0 Å². The van der Waals surface area contributed by atoms with E-state index >= 15 is 0 Å². The fourth-order valence-electron chi connectivity index (χ4n) is 5.65. The lowest BCUT2D eigenvalue weighted by molar-refractivity contribution is 0.176. The summed E-state index contributed by atoms with van der Waals surface area (Å²) in [6.45, 7) is 2.94. The molecule has 0 bridgehead atoms. The number of aromatic nitrogens is 5. The first-order valence-electron chi connectivity index (χ1n) is 13.5. The summed E-state index contributed by atoms with van der Waals surface area (Å²) in [5.41, 5.74) is 3.23. The van der Waals surface area contributed by atoms with Crippen molar-refractivity contribution in [3.05, 3.63) is 111 Å². The molecule has 2 aromatic carbocycles. The fourth-order valence-corrected chi connectivity index (χ4v) is 5.65. The molecule has 5 aromatic rings. The van der Waals surface area contributed by atoms with Gasteiger partial charge < -0.3 is 9.40 Å². The molecule has 3 aromatic heterocycles. The molecule has 1 atom stereocenters. The van der Waals surface area contributed by atoms with Crippen molar-refractivity contribution >= 4 is 10.9 Å². The quantitative estimate of drug-likeness (QED) is 0.264. The summed E-state index contributed by atoms with van der Waals surface area (Å²) in [5.74, 6) is 1.07. The Bertz CT molecular complexity index is 1600. The predicted molar refractivity (Wildman–Crippen MR) is 145 cm³/mol. The van der Waals surface area contributed by atoms with Crippen molar-refractivity contribution < 1.29 is 8.81 Å². The average Bonchev–Trinajstić information content (AvgIpc) is 3.73. The Morgan fingerprint density at radius 2 is 1.87 bits per heavy atom. The molecule has 3 heterocycles. The molecule has 0 aliphatic heterocycles. The lowest BCUT2D eigenvalue weighted by atomic mass is 10.0. The first-order chi connectivity index (χ1) is 19.1. The monoisotopic (exact) mass is 526 g/mol. The van der Waals surface area contributed by atoms with Gasteiger partial charge in [-0.3, -0.25) is 9.69 Å². The number of H-pyrrole nitrogens is 1. The molecule has 0 radical (unpaired) electrons. The summed E-state index contributed by atoms with van der Waals surface area (Å²) in [5, 5.41) is 14.0. The zero-order valence-electron chi connectivity index (χ0n) is 21.9. The highest BCUT2D eigenvalue weighted by molar-refractivity contribution is 5.80. The van der Waals surface area contributed by atoms with Gasteiger partial charge in [0.15, 0.2) is 5.82 Å². The van der Waals surface area contributed by atoms with E-state index in [9.17, 15) is 9.18 Å². The summed E-state index contributed by atoms with van der Waals surface area (Å²) < 4.78 is 21.4. The van der Waals surface area contributed by atoms with Crippen molar-refractivity contribution in [2.45, 2.75) is 64.2 Å². The molecular formula is C30H31FN6O2. The van der Waals surface area contributed by atoms with E-state index in [2.05, 4.69) is 38.4 Å².